The Bertz CT molecular complexity index is 776. The summed E-state index contributed by atoms with van der Waals surface area (Å²) in [6.07, 6.45) is 5.36. The van der Waals surface area contributed by atoms with E-state index in [1.54, 1.807) is 4.31 Å². The van der Waals surface area contributed by atoms with Gasteiger partial charge in [0.05, 0.1) is 10.7 Å². The summed E-state index contributed by atoms with van der Waals surface area (Å²) in [5.41, 5.74) is 0.569. The number of benzene rings is 1. The summed E-state index contributed by atoms with van der Waals surface area (Å²) in [6.45, 7) is 1.81. The minimum atomic E-state index is -3.15. The van der Waals surface area contributed by atoms with Gasteiger partial charge in [-0.3, -0.25) is 4.79 Å². The highest BCUT2D eigenvalue weighted by atomic mass is 35.5. The van der Waals surface area contributed by atoms with Crippen LogP contribution < -0.4 is 0 Å². The van der Waals surface area contributed by atoms with Crippen molar-refractivity contribution in [3.8, 4) is 0 Å². The third kappa shape index (κ3) is 3.16. The van der Waals surface area contributed by atoms with Gasteiger partial charge in [0.25, 0.3) is 0 Å². The number of carbonyl (C=O) groups is 1. The third-order valence-electron chi connectivity index (χ3n) is 6.09. The van der Waals surface area contributed by atoms with Crippen molar-refractivity contribution in [1.29, 1.82) is 0 Å². The quantitative estimate of drug-likeness (QED) is 0.786. The first-order valence-electron chi connectivity index (χ1n) is 9.48. The van der Waals surface area contributed by atoms with Crippen LogP contribution in [0.3, 0.4) is 0 Å². The summed E-state index contributed by atoms with van der Waals surface area (Å²) in [5.74, 6) is 0.154. The molecular weight excluding hydrogens is 372 g/mol. The fraction of sp³-hybridized carbons (Fsp3) is 0.632. The average molecular weight is 397 g/mol. The Morgan fingerprint density at radius 2 is 1.58 bits per heavy atom. The van der Waals surface area contributed by atoms with Gasteiger partial charge in [0, 0.05) is 31.2 Å². The van der Waals surface area contributed by atoms with Gasteiger partial charge >= 0.3 is 0 Å². The van der Waals surface area contributed by atoms with Gasteiger partial charge in [-0.1, -0.05) is 36.6 Å². The van der Waals surface area contributed by atoms with Crippen LogP contribution in [0.2, 0.25) is 5.02 Å². The van der Waals surface area contributed by atoms with Crippen molar-refractivity contribution < 1.29 is 13.2 Å². The molecule has 3 aliphatic rings. The molecule has 26 heavy (non-hydrogen) atoms. The van der Waals surface area contributed by atoms with Gasteiger partial charge in [-0.25, -0.2) is 8.42 Å². The van der Waals surface area contributed by atoms with Crippen molar-refractivity contribution in [2.45, 2.75) is 49.2 Å². The maximum absolute atomic E-state index is 13.4. The van der Waals surface area contributed by atoms with E-state index in [-0.39, 0.29) is 11.2 Å². The summed E-state index contributed by atoms with van der Waals surface area (Å²) in [5, 5.41) is 0.494. The Labute approximate surface area is 160 Å². The van der Waals surface area contributed by atoms with Crippen molar-refractivity contribution in [1.82, 2.24) is 9.21 Å². The molecule has 1 amide bonds. The smallest absolute Gasteiger partial charge is 0.233 e. The lowest BCUT2D eigenvalue weighted by atomic mass is 9.77. The molecule has 2 saturated carbocycles. The second kappa shape index (κ2) is 6.80. The molecule has 1 aliphatic heterocycles. The highest BCUT2D eigenvalue weighted by Crippen LogP contribution is 2.43. The van der Waals surface area contributed by atoms with E-state index in [0.717, 1.165) is 44.1 Å². The van der Waals surface area contributed by atoms with E-state index >= 15 is 0 Å². The molecule has 0 bridgehead atoms. The zero-order valence-electron chi connectivity index (χ0n) is 14.9. The van der Waals surface area contributed by atoms with Gasteiger partial charge in [0.1, 0.15) is 0 Å². The van der Waals surface area contributed by atoms with Crippen LogP contribution in [0.1, 0.15) is 44.1 Å². The molecule has 0 N–H and O–H groups in total. The number of piperazine rings is 1. The van der Waals surface area contributed by atoms with E-state index in [4.69, 9.17) is 11.6 Å². The minimum absolute atomic E-state index is 0.154. The molecule has 7 heteroatoms. The largest absolute Gasteiger partial charge is 0.339 e. The van der Waals surface area contributed by atoms with Crippen LogP contribution in [0.15, 0.2) is 24.3 Å². The number of amides is 1. The van der Waals surface area contributed by atoms with Crippen LogP contribution in [-0.4, -0.2) is 55.0 Å². The van der Waals surface area contributed by atoms with Crippen LogP contribution in [0, 0.1) is 0 Å². The van der Waals surface area contributed by atoms with Gasteiger partial charge in [-0.05, 0) is 43.4 Å². The molecule has 1 saturated heterocycles. The van der Waals surface area contributed by atoms with Gasteiger partial charge in [0.2, 0.25) is 15.9 Å². The molecule has 0 spiro atoms. The van der Waals surface area contributed by atoms with Gasteiger partial charge in [0.15, 0.2) is 0 Å². The van der Waals surface area contributed by atoms with E-state index in [1.165, 1.54) is 0 Å². The summed E-state index contributed by atoms with van der Waals surface area (Å²) < 4.78 is 26.4. The monoisotopic (exact) mass is 396 g/mol. The third-order valence-corrected chi connectivity index (χ3v) is 8.75. The summed E-state index contributed by atoms with van der Waals surface area (Å²) >= 11 is 6.02. The Morgan fingerprint density at radius 1 is 1.00 bits per heavy atom. The van der Waals surface area contributed by atoms with Crippen molar-refractivity contribution in [3.63, 3.8) is 0 Å². The molecule has 1 aromatic carbocycles. The lowest BCUT2D eigenvalue weighted by molar-refractivity contribution is -0.138. The second-order valence-electron chi connectivity index (χ2n) is 7.73. The molecule has 0 radical (unpaired) electrons. The number of halogens is 1. The van der Waals surface area contributed by atoms with E-state index in [1.807, 2.05) is 29.2 Å². The predicted molar refractivity (Wildman–Crippen MR) is 102 cm³/mol. The molecule has 0 unspecified atom stereocenters. The lowest BCUT2D eigenvalue weighted by Gasteiger charge is -2.39. The standard InChI is InChI=1S/C19H25ClN2O3S/c20-16-5-3-15(4-6-16)19(9-1-2-10-19)18(23)21-11-13-22(14-12-21)26(24,25)17-7-8-17/h3-6,17H,1-2,7-14H2. The van der Waals surface area contributed by atoms with Crippen molar-refractivity contribution >= 4 is 27.5 Å². The number of nitrogens with zero attached hydrogens (tertiary/aromatic N) is 2. The highest BCUT2D eigenvalue weighted by Gasteiger charge is 2.47. The molecule has 5 nitrogen and oxygen atoms in total. The molecule has 0 atom stereocenters. The summed E-state index contributed by atoms with van der Waals surface area (Å²) in [6, 6.07) is 7.65. The number of hydrogen-bond donors (Lipinski definition) is 0. The second-order valence-corrected chi connectivity index (χ2v) is 10.4. The SMILES string of the molecule is O=C(N1CCN(S(=O)(=O)C2CC2)CC1)C1(c2ccc(Cl)cc2)CCCC1. The topological polar surface area (TPSA) is 57.7 Å². The average Bonchev–Trinajstić information content (AvgIpc) is 3.41. The van der Waals surface area contributed by atoms with Crippen molar-refractivity contribution in [2.75, 3.05) is 26.2 Å². The molecule has 0 aromatic heterocycles. The number of hydrogen-bond acceptors (Lipinski definition) is 3. The lowest BCUT2D eigenvalue weighted by Crippen LogP contribution is -2.55. The first-order valence-corrected chi connectivity index (χ1v) is 11.4. The van der Waals surface area contributed by atoms with Crippen molar-refractivity contribution in [2.24, 2.45) is 0 Å². The van der Waals surface area contributed by atoms with Gasteiger partial charge < -0.3 is 4.90 Å². The maximum atomic E-state index is 13.4. The van der Waals surface area contributed by atoms with Crippen LogP contribution in [0.4, 0.5) is 0 Å². The van der Waals surface area contributed by atoms with Gasteiger partial charge in [-0.2, -0.15) is 4.31 Å². The van der Waals surface area contributed by atoms with E-state index in [0.29, 0.717) is 31.2 Å². The Morgan fingerprint density at radius 3 is 2.12 bits per heavy atom. The first-order chi connectivity index (χ1) is 12.4. The van der Waals surface area contributed by atoms with E-state index in [9.17, 15) is 13.2 Å². The molecule has 1 heterocycles. The number of sulfonamides is 1. The summed E-state index contributed by atoms with van der Waals surface area (Å²) in [7, 11) is -3.15. The molecular formula is C19H25ClN2O3S. The first kappa shape index (κ1) is 18.3. The predicted octanol–water partition coefficient (Wildman–Crippen LogP) is 2.79. The fourth-order valence-corrected chi connectivity index (χ4v) is 6.35. The van der Waals surface area contributed by atoms with Crippen LogP contribution in [-0.2, 0) is 20.2 Å². The van der Waals surface area contributed by atoms with E-state index in [2.05, 4.69) is 0 Å². The molecule has 3 fully saturated rings. The van der Waals surface area contributed by atoms with Crippen molar-refractivity contribution in [3.05, 3.63) is 34.9 Å². The zero-order chi connectivity index (χ0) is 18.4. The Hall–Kier alpha value is -1.11. The number of carbonyl (C=O) groups excluding carboxylic acids is 1. The Balaban J connectivity index is 1.50. The van der Waals surface area contributed by atoms with Crippen LogP contribution in [0.5, 0.6) is 0 Å². The fourth-order valence-electron chi connectivity index (χ4n) is 4.40. The number of rotatable bonds is 4. The zero-order valence-corrected chi connectivity index (χ0v) is 16.4. The Kier molecular flexibility index (Phi) is 4.78. The van der Waals surface area contributed by atoms with Gasteiger partial charge in [-0.15, -0.1) is 0 Å². The molecule has 4 rings (SSSR count). The van der Waals surface area contributed by atoms with Crippen LogP contribution >= 0.6 is 11.6 Å². The summed E-state index contributed by atoms with van der Waals surface area (Å²) in [4.78, 5) is 15.3. The minimum Gasteiger partial charge on any atom is -0.339 e. The molecule has 142 valence electrons. The van der Waals surface area contributed by atoms with Crippen LogP contribution in [0.25, 0.3) is 0 Å². The molecule has 2 aliphatic carbocycles. The van der Waals surface area contributed by atoms with E-state index < -0.39 is 15.4 Å². The maximum Gasteiger partial charge on any atom is 0.233 e. The highest BCUT2D eigenvalue weighted by molar-refractivity contribution is 7.90. The normalized spacial score (nSPS) is 24.0. The molecule has 1 aromatic rings.